The fraction of sp³-hybridized carbons (Fsp3) is 0.467. The largest absolute Gasteiger partial charge is 0.534 e. The van der Waals surface area contributed by atoms with Crippen LogP contribution in [0.4, 0.5) is 13.2 Å². The Labute approximate surface area is 133 Å². The van der Waals surface area contributed by atoms with Gasteiger partial charge in [0.05, 0.1) is 0 Å². The summed E-state index contributed by atoms with van der Waals surface area (Å²) in [5.74, 6) is -0.161. The normalized spacial score (nSPS) is 23.4. The Morgan fingerprint density at radius 3 is 2.35 bits per heavy atom. The fourth-order valence-corrected chi connectivity index (χ4v) is 3.09. The van der Waals surface area contributed by atoms with E-state index in [1.54, 1.807) is 6.92 Å². The molecule has 8 heteroatoms. The third-order valence-electron chi connectivity index (χ3n) is 3.72. The first-order chi connectivity index (χ1) is 10.6. The molecule has 2 atom stereocenters. The van der Waals surface area contributed by atoms with E-state index in [2.05, 4.69) is 9.08 Å². The van der Waals surface area contributed by atoms with Gasteiger partial charge in [0.15, 0.2) is 0 Å². The van der Waals surface area contributed by atoms with Gasteiger partial charge in [-0.05, 0) is 25.5 Å². The molecule has 0 fully saturated rings. The van der Waals surface area contributed by atoms with E-state index >= 15 is 0 Å². The second-order valence-electron chi connectivity index (χ2n) is 5.57. The summed E-state index contributed by atoms with van der Waals surface area (Å²) in [5.41, 5.74) is -4.34. The minimum atomic E-state index is -5.61. The first kappa shape index (κ1) is 17.8. The van der Waals surface area contributed by atoms with E-state index in [1.165, 1.54) is 6.08 Å². The number of hydrogen-bond donors (Lipinski definition) is 0. The molecule has 1 aromatic carbocycles. The summed E-state index contributed by atoms with van der Waals surface area (Å²) < 4.78 is 63.7. The third-order valence-corrected chi connectivity index (χ3v) is 4.72. The van der Waals surface area contributed by atoms with Crippen LogP contribution < -0.4 is 0 Å². The molecule has 4 nitrogen and oxygen atoms in total. The molecule has 1 heterocycles. The molecule has 2 rings (SSSR count). The molecule has 0 amide bonds. The maximum atomic E-state index is 12.4. The number of rotatable bonds is 4. The molecule has 0 saturated carbocycles. The van der Waals surface area contributed by atoms with Gasteiger partial charge in [0.2, 0.25) is 0 Å². The monoisotopic (exact) mass is 349 g/mol. The van der Waals surface area contributed by atoms with E-state index in [4.69, 9.17) is 0 Å². The minimum Gasteiger partial charge on any atom is -0.381 e. The van der Waals surface area contributed by atoms with Crippen molar-refractivity contribution in [3.05, 3.63) is 47.7 Å². The molecule has 1 aliphatic rings. The lowest BCUT2D eigenvalue weighted by atomic mass is 10.0. The van der Waals surface area contributed by atoms with Crippen LogP contribution in [0.2, 0.25) is 0 Å². The first-order valence-corrected chi connectivity index (χ1v) is 8.52. The molecule has 0 spiro atoms. The molecule has 128 valence electrons. The summed E-state index contributed by atoms with van der Waals surface area (Å²) in [6.07, 6.45) is 1.53. The van der Waals surface area contributed by atoms with Crippen LogP contribution in [0.1, 0.15) is 25.8 Å². The molecule has 0 N–H and O–H groups in total. The maximum Gasteiger partial charge on any atom is 0.534 e. The molecule has 0 radical (unpaired) electrons. The Morgan fingerprint density at radius 2 is 1.83 bits per heavy atom. The Bertz CT molecular complexity index is 671. The molecular weight excluding hydrogens is 331 g/mol. The predicted molar refractivity (Wildman–Crippen MR) is 79.7 cm³/mol. The number of hydrogen-bond acceptors (Lipinski definition) is 4. The van der Waals surface area contributed by atoms with Gasteiger partial charge in [-0.2, -0.15) is 21.6 Å². The lowest BCUT2D eigenvalue weighted by molar-refractivity contribution is -0.0527. The van der Waals surface area contributed by atoms with Crippen LogP contribution in [-0.4, -0.2) is 30.9 Å². The van der Waals surface area contributed by atoms with Crippen molar-refractivity contribution in [3.8, 4) is 0 Å². The van der Waals surface area contributed by atoms with Crippen LogP contribution in [-0.2, 0) is 20.8 Å². The average Bonchev–Trinajstić information content (AvgIpc) is 2.42. The molecule has 2 unspecified atom stereocenters. The molecule has 0 bridgehead atoms. The molecule has 1 aromatic rings. The SMILES string of the molecule is CC1C=C(OS(=O)(=O)C(F)(F)F)CC(C)N1Cc1ccccc1. The van der Waals surface area contributed by atoms with E-state index in [0.717, 1.165) is 5.56 Å². The van der Waals surface area contributed by atoms with Crippen molar-refractivity contribution in [2.75, 3.05) is 0 Å². The summed E-state index contributed by atoms with van der Waals surface area (Å²) in [6, 6.07) is 9.27. The first-order valence-electron chi connectivity index (χ1n) is 7.11. The van der Waals surface area contributed by atoms with Gasteiger partial charge in [-0.15, -0.1) is 0 Å². The number of halogens is 3. The highest BCUT2D eigenvalue weighted by molar-refractivity contribution is 7.87. The molecule has 23 heavy (non-hydrogen) atoms. The molecule has 1 aliphatic heterocycles. The lowest BCUT2D eigenvalue weighted by Gasteiger charge is -2.37. The average molecular weight is 349 g/mol. The van der Waals surface area contributed by atoms with Gasteiger partial charge in [-0.3, -0.25) is 4.90 Å². The van der Waals surface area contributed by atoms with Crippen LogP contribution in [0.15, 0.2) is 42.2 Å². The van der Waals surface area contributed by atoms with Crippen molar-refractivity contribution in [2.45, 2.75) is 44.4 Å². The Hall–Kier alpha value is -1.54. The highest BCUT2D eigenvalue weighted by Crippen LogP contribution is 2.31. The van der Waals surface area contributed by atoms with E-state index in [1.807, 2.05) is 37.3 Å². The van der Waals surface area contributed by atoms with Gasteiger partial charge >= 0.3 is 15.6 Å². The topological polar surface area (TPSA) is 46.6 Å². The highest BCUT2D eigenvalue weighted by Gasteiger charge is 2.49. The Morgan fingerprint density at radius 1 is 1.22 bits per heavy atom. The van der Waals surface area contributed by atoms with Crippen molar-refractivity contribution in [2.24, 2.45) is 0 Å². The van der Waals surface area contributed by atoms with Gasteiger partial charge in [0.25, 0.3) is 0 Å². The summed E-state index contributed by atoms with van der Waals surface area (Å²) in [5, 5.41) is 0. The van der Waals surface area contributed by atoms with E-state index in [-0.39, 0.29) is 24.3 Å². The van der Waals surface area contributed by atoms with Crippen molar-refractivity contribution in [1.82, 2.24) is 4.90 Å². The van der Waals surface area contributed by atoms with E-state index < -0.39 is 15.6 Å². The Kier molecular flexibility index (Phi) is 5.05. The fourth-order valence-electron chi connectivity index (χ4n) is 2.59. The molecule has 0 aromatic heterocycles. The zero-order valence-corrected chi connectivity index (χ0v) is 13.6. The van der Waals surface area contributed by atoms with E-state index in [0.29, 0.717) is 6.54 Å². The lowest BCUT2D eigenvalue weighted by Crippen LogP contribution is -2.42. The zero-order valence-electron chi connectivity index (χ0n) is 12.7. The summed E-state index contributed by atoms with van der Waals surface area (Å²) in [4.78, 5) is 2.07. The second kappa shape index (κ2) is 6.52. The van der Waals surface area contributed by atoms with Crippen molar-refractivity contribution in [1.29, 1.82) is 0 Å². The van der Waals surface area contributed by atoms with E-state index in [9.17, 15) is 21.6 Å². The van der Waals surface area contributed by atoms with Crippen molar-refractivity contribution in [3.63, 3.8) is 0 Å². The van der Waals surface area contributed by atoms with Crippen LogP contribution in [0.3, 0.4) is 0 Å². The maximum absolute atomic E-state index is 12.4. The minimum absolute atomic E-state index is 0.104. The van der Waals surface area contributed by atoms with Gasteiger partial charge in [0, 0.05) is 25.0 Å². The standard InChI is InChI=1S/C15H18F3NO3S/c1-11-8-14(22-23(20,21)15(16,17)18)9-12(2)19(11)10-13-6-4-3-5-7-13/h3-8,11-12H,9-10H2,1-2H3. The van der Waals surface area contributed by atoms with Crippen LogP contribution in [0.25, 0.3) is 0 Å². The van der Waals surface area contributed by atoms with Gasteiger partial charge < -0.3 is 4.18 Å². The van der Waals surface area contributed by atoms with Gasteiger partial charge in [-0.1, -0.05) is 30.3 Å². The highest BCUT2D eigenvalue weighted by atomic mass is 32.2. The van der Waals surface area contributed by atoms with Gasteiger partial charge in [0.1, 0.15) is 5.76 Å². The van der Waals surface area contributed by atoms with Crippen molar-refractivity contribution < 1.29 is 25.8 Å². The second-order valence-corrected chi connectivity index (χ2v) is 7.11. The number of nitrogens with zero attached hydrogens (tertiary/aromatic N) is 1. The quantitative estimate of drug-likeness (QED) is 0.617. The van der Waals surface area contributed by atoms with Crippen LogP contribution in [0.5, 0.6) is 0 Å². The summed E-state index contributed by atoms with van der Waals surface area (Å²) in [6.45, 7) is 4.25. The Balaban J connectivity index is 2.12. The molecule has 0 aliphatic carbocycles. The third kappa shape index (κ3) is 4.26. The van der Waals surface area contributed by atoms with Gasteiger partial charge in [-0.25, -0.2) is 0 Å². The summed E-state index contributed by atoms with van der Waals surface area (Å²) in [7, 11) is -5.61. The van der Waals surface area contributed by atoms with Crippen LogP contribution >= 0.6 is 0 Å². The number of alkyl halides is 3. The summed E-state index contributed by atoms with van der Waals surface area (Å²) >= 11 is 0. The smallest absolute Gasteiger partial charge is 0.381 e. The molecular formula is C15H18F3NO3S. The van der Waals surface area contributed by atoms with Crippen molar-refractivity contribution >= 4 is 10.1 Å². The predicted octanol–water partition coefficient (Wildman–Crippen LogP) is 3.42. The zero-order chi connectivity index (χ0) is 17.3. The molecule has 0 saturated heterocycles. The number of benzene rings is 1. The van der Waals surface area contributed by atoms with Crippen LogP contribution in [0, 0.1) is 0 Å².